The summed E-state index contributed by atoms with van der Waals surface area (Å²) in [6.07, 6.45) is 83.6. The highest BCUT2D eigenvalue weighted by molar-refractivity contribution is 5.71. The van der Waals surface area contributed by atoms with Gasteiger partial charge in [0, 0.05) is 19.3 Å². The van der Waals surface area contributed by atoms with Crippen LogP contribution in [0.5, 0.6) is 0 Å². The van der Waals surface area contributed by atoms with Crippen LogP contribution < -0.4 is 0 Å². The van der Waals surface area contributed by atoms with Crippen LogP contribution in [0.2, 0.25) is 0 Å². The number of allylic oxidation sites excluding steroid dienone is 20. The molecule has 0 aromatic carbocycles. The second-order valence-corrected chi connectivity index (χ2v) is 19.5. The van der Waals surface area contributed by atoms with E-state index in [1.165, 1.54) is 96.3 Å². The molecule has 0 aromatic rings. The van der Waals surface area contributed by atoms with Gasteiger partial charge in [-0.3, -0.25) is 14.4 Å². The third-order valence-electron chi connectivity index (χ3n) is 12.5. The summed E-state index contributed by atoms with van der Waals surface area (Å²) in [5.74, 6) is -0.927. The Bertz CT molecular complexity index is 1540. The molecule has 0 N–H and O–H groups in total. The summed E-state index contributed by atoms with van der Waals surface area (Å²) >= 11 is 0. The summed E-state index contributed by atoms with van der Waals surface area (Å²) < 4.78 is 16.8. The van der Waals surface area contributed by atoms with E-state index >= 15 is 0 Å². The maximum Gasteiger partial charge on any atom is 0.306 e. The number of hydrogen-bond donors (Lipinski definition) is 0. The van der Waals surface area contributed by atoms with E-state index in [4.69, 9.17) is 14.2 Å². The van der Waals surface area contributed by atoms with Crippen LogP contribution >= 0.6 is 0 Å². The molecule has 0 aliphatic carbocycles. The van der Waals surface area contributed by atoms with E-state index < -0.39 is 6.10 Å². The molecular weight excluding hydrogens is 901 g/mol. The number of carbonyl (C=O) groups excluding carboxylic acids is 3. The molecule has 0 aliphatic heterocycles. The van der Waals surface area contributed by atoms with E-state index in [-0.39, 0.29) is 31.1 Å². The molecule has 0 saturated heterocycles. The van der Waals surface area contributed by atoms with Crippen LogP contribution in [0.1, 0.15) is 265 Å². The zero-order valence-electron chi connectivity index (χ0n) is 47.4. The zero-order valence-corrected chi connectivity index (χ0v) is 47.4. The molecule has 0 bridgehead atoms. The Morgan fingerprint density at radius 3 is 0.863 bits per heavy atom. The molecule has 0 saturated carbocycles. The molecule has 0 aromatic heterocycles. The third-order valence-corrected chi connectivity index (χ3v) is 12.5. The van der Waals surface area contributed by atoms with E-state index in [1.807, 2.05) is 0 Å². The first kappa shape index (κ1) is 68.8. The lowest BCUT2D eigenvalue weighted by Gasteiger charge is -2.18. The molecule has 73 heavy (non-hydrogen) atoms. The van der Waals surface area contributed by atoms with Gasteiger partial charge in [0.2, 0.25) is 0 Å². The highest BCUT2D eigenvalue weighted by Gasteiger charge is 2.19. The lowest BCUT2D eigenvalue weighted by Crippen LogP contribution is -2.30. The minimum absolute atomic E-state index is 0.0893. The number of esters is 3. The van der Waals surface area contributed by atoms with Gasteiger partial charge in [-0.25, -0.2) is 0 Å². The molecule has 6 heteroatoms. The minimum atomic E-state index is -0.791. The lowest BCUT2D eigenvalue weighted by atomic mass is 10.1. The summed E-state index contributed by atoms with van der Waals surface area (Å²) in [6, 6.07) is 0. The first-order chi connectivity index (χ1) is 36.0. The van der Waals surface area contributed by atoms with Crippen LogP contribution in [0.4, 0.5) is 0 Å². The Morgan fingerprint density at radius 1 is 0.288 bits per heavy atom. The van der Waals surface area contributed by atoms with Gasteiger partial charge >= 0.3 is 17.9 Å². The highest BCUT2D eigenvalue weighted by atomic mass is 16.6. The summed E-state index contributed by atoms with van der Waals surface area (Å²) in [6.45, 7) is 6.43. The van der Waals surface area contributed by atoms with Crippen molar-refractivity contribution in [1.29, 1.82) is 0 Å². The van der Waals surface area contributed by atoms with Crippen molar-refractivity contribution in [2.24, 2.45) is 0 Å². The number of carbonyl (C=O) groups is 3. The van der Waals surface area contributed by atoms with Crippen LogP contribution in [0.3, 0.4) is 0 Å². The molecule has 0 radical (unpaired) electrons. The van der Waals surface area contributed by atoms with Crippen molar-refractivity contribution >= 4 is 17.9 Å². The van der Waals surface area contributed by atoms with E-state index in [1.54, 1.807) is 0 Å². The zero-order chi connectivity index (χ0) is 52.9. The van der Waals surface area contributed by atoms with E-state index in [9.17, 15) is 14.4 Å². The molecule has 0 fully saturated rings. The second-order valence-electron chi connectivity index (χ2n) is 19.5. The Labute approximate surface area is 450 Å². The molecule has 414 valence electrons. The van der Waals surface area contributed by atoms with Crippen LogP contribution in [-0.2, 0) is 28.6 Å². The van der Waals surface area contributed by atoms with Gasteiger partial charge in [-0.05, 0) is 116 Å². The molecule has 0 heterocycles. The lowest BCUT2D eigenvalue weighted by molar-refractivity contribution is -0.167. The maximum atomic E-state index is 12.8. The maximum absolute atomic E-state index is 12.8. The first-order valence-electron chi connectivity index (χ1n) is 30.0. The fourth-order valence-corrected chi connectivity index (χ4v) is 7.96. The predicted octanol–water partition coefficient (Wildman–Crippen LogP) is 20.4. The molecule has 6 nitrogen and oxygen atoms in total. The molecule has 1 atom stereocenters. The highest BCUT2D eigenvalue weighted by Crippen LogP contribution is 2.14. The Balaban J connectivity index is 4.25. The Hall–Kier alpha value is -4.19. The van der Waals surface area contributed by atoms with Crippen LogP contribution in [0.25, 0.3) is 0 Å². The smallest absolute Gasteiger partial charge is 0.306 e. The topological polar surface area (TPSA) is 78.9 Å². The van der Waals surface area contributed by atoms with E-state index in [2.05, 4.69) is 142 Å². The van der Waals surface area contributed by atoms with Crippen LogP contribution in [0, 0.1) is 0 Å². The SMILES string of the molecule is CC/C=C\C/C=C\C/C=C\C/C=C\C/C=C\C/C=C\C/C=C\C/C=C\CCCCCCC(=O)OCC(COC(=O)CCCCCCCCC)OC(=O)CCCCCCCCCCC/C=C\C/C=C\CCCCC. The van der Waals surface area contributed by atoms with Crippen molar-refractivity contribution in [3.8, 4) is 0 Å². The van der Waals surface area contributed by atoms with Crippen molar-refractivity contribution < 1.29 is 28.6 Å². The molecule has 0 rings (SSSR count). The fraction of sp³-hybridized carbons (Fsp3) is 0.657. The van der Waals surface area contributed by atoms with Gasteiger partial charge in [0.15, 0.2) is 6.10 Å². The first-order valence-corrected chi connectivity index (χ1v) is 30.0. The average molecular weight is 1010 g/mol. The van der Waals surface area contributed by atoms with Gasteiger partial charge in [-0.1, -0.05) is 251 Å². The van der Waals surface area contributed by atoms with Crippen molar-refractivity contribution in [3.63, 3.8) is 0 Å². The Kier molecular flexibility index (Phi) is 56.9. The molecule has 0 spiro atoms. The van der Waals surface area contributed by atoms with Gasteiger partial charge in [0.1, 0.15) is 13.2 Å². The molecule has 1 unspecified atom stereocenters. The van der Waals surface area contributed by atoms with Gasteiger partial charge < -0.3 is 14.2 Å². The number of hydrogen-bond acceptors (Lipinski definition) is 6. The predicted molar refractivity (Wildman–Crippen MR) is 316 cm³/mol. The third kappa shape index (κ3) is 58.6. The average Bonchev–Trinajstić information content (AvgIpc) is 3.39. The monoisotopic (exact) mass is 1010 g/mol. The Morgan fingerprint density at radius 2 is 0.534 bits per heavy atom. The van der Waals surface area contributed by atoms with Gasteiger partial charge in [-0.15, -0.1) is 0 Å². The standard InChI is InChI=1S/C67H110O6/c1-4-7-10-13-16-18-20-22-24-26-28-29-30-31-32-33-34-35-36-37-39-40-42-44-46-48-51-54-57-60-66(69)72-63-64(62-71-65(68)59-56-53-50-15-12-9-6-3)73-67(70)61-58-55-52-49-47-45-43-41-38-27-25-23-21-19-17-14-11-8-5-2/h7,10,16-19,22-25,28-29,31-32,34-35,37,39,42,44,64H,4-6,8-9,11-15,20-21,26-27,30,33,36,38,40-41,43,45-63H2,1-3H3/b10-7-,18-16-,19-17-,24-22-,25-23-,29-28-,32-31-,35-34-,39-37-,44-42-. The second kappa shape index (κ2) is 60.4. The van der Waals surface area contributed by atoms with Gasteiger partial charge in [-0.2, -0.15) is 0 Å². The van der Waals surface area contributed by atoms with Gasteiger partial charge in [0.05, 0.1) is 0 Å². The van der Waals surface area contributed by atoms with E-state index in [0.717, 1.165) is 128 Å². The number of rotatable bonds is 53. The minimum Gasteiger partial charge on any atom is -0.462 e. The normalized spacial score (nSPS) is 13.0. The van der Waals surface area contributed by atoms with Crippen molar-refractivity contribution in [1.82, 2.24) is 0 Å². The summed E-state index contributed by atoms with van der Waals surface area (Å²) in [4.78, 5) is 38.0. The fourth-order valence-electron chi connectivity index (χ4n) is 7.96. The van der Waals surface area contributed by atoms with Gasteiger partial charge in [0.25, 0.3) is 0 Å². The quantitative estimate of drug-likeness (QED) is 0.0261. The molecule has 0 aliphatic rings. The van der Waals surface area contributed by atoms with Crippen molar-refractivity contribution in [3.05, 3.63) is 122 Å². The number of ether oxygens (including phenoxy) is 3. The van der Waals surface area contributed by atoms with Crippen molar-refractivity contribution in [2.75, 3.05) is 13.2 Å². The number of unbranched alkanes of at least 4 members (excludes halogenated alkanes) is 22. The van der Waals surface area contributed by atoms with E-state index in [0.29, 0.717) is 19.3 Å². The van der Waals surface area contributed by atoms with Crippen LogP contribution in [0.15, 0.2) is 122 Å². The largest absolute Gasteiger partial charge is 0.462 e. The summed E-state index contributed by atoms with van der Waals surface area (Å²) in [5.41, 5.74) is 0. The van der Waals surface area contributed by atoms with Crippen molar-refractivity contribution in [2.45, 2.75) is 271 Å². The molecule has 0 amide bonds. The molecular formula is C67H110O6. The summed E-state index contributed by atoms with van der Waals surface area (Å²) in [7, 11) is 0. The summed E-state index contributed by atoms with van der Waals surface area (Å²) in [5, 5.41) is 0. The van der Waals surface area contributed by atoms with Crippen LogP contribution in [-0.4, -0.2) is 37.2 Å².